The Morgan fingerprint density at radius 2 is 2.05 bits per heavy atom. The van der Waals surface area contributed by atoms with Gasteiger partial charge in [-0.15, -0.1) is 0 Å². The van der Waals surface area contributed by atoms with Gasteiger partial charge in [-0.2, -0.15) is 0 Å². The van der Waals surface area contributed by atoms with Gasteiger partial charge >= 0.3 is 0 Å². The Hall–Kier alpha value is -1.06. The molecule has 0 radical (unpaired) electrons. The van der Waals surface area contributed by atoms with Crippen molar-refractivity contribution in [1.29, 1.82) is 0 Å². The lowest BCUT2D eigenvalue weighted by molar-refractivity contribution is 0.225. The number of likely N-dealkylation sites (tertiary alicyclic amines) is 1. The van der Waals surface area contributed by atoms with Gasteiger partial charge in [0.1, 0.15) is 5.75 Å². The summed E-state index contributed by atoms with van der Waals surface area (Å²) in [6, 6.07) is 7.94. The van der Waals surface area contributed by atoms with Crippen molar-refractivity contribution >= 4 is 0 Å². The molecule has 0 aliphatic carbocycles. The molecule has 2 bridgehead atoms. The second-order valence-corrected chi connectivity index (χ2v) is 6.70. The van der Waals surface area contributed by atoms with Gasteiger partial charge in [0.15, 0.2) is 0 Å². The number of hydrogen-bond donors (Lipinski definition) is 1. The van der Waals surface area contributed by atoms with E-state index in [2.05, 4.69) is 42.3 Å². The topological polar surface area (TPSA) is 24.5 Å². The van der Waals surface area contributed by atoms with Crippen molar-refractivity contribution in [2.75, 3.05) is 26.2 Å². The Kier molecular flexibility index (Phi) is 4.81. The van der Waals surface area contributed by atoms with Gasteiger partial charge in [0.05, 0.1) is 6.61 Å². The number of fused-ring (bicyclic) bond motifs is 2. The molecule has 3 nitrogen and oxygen atoms in total. The molecule has 2 fully saturated rings. The van der Waals surface area contributed by atoms with Gasteiger partial charge in [0, 0.05) is 25.2 Å². The number of aryl methyl sites for hydroxylation is 2. The van der Waals surface area contributed by atoms with E-state index >= 15 is 0 Å². The molecule has 1 aromatic carbocycles. The second kappa shape index (κ2) is 6.80. The van der Waals surface area contributed by atoms with Gasteiger partial charge in [-0.05, 0) is 63.3 Å². The SMILES string of the molecule is Cc1ccc(C)c(OCCCN2CCC3CCC(C2)N3)c1. The molecular formula is C18H28N2O. The predicted molar refractivity (Wildman–Crippen MR) is 87.0 cm³/mol. The summed E-state index contributed by atoms with van der Waals surface area (Å²) < 4.78 is 5.96. The third-order valence-electron chi connectivity index (χ3n) is 4.83. The maximum absolute atomic E-state index is 5.96. The van der Waals surface area contributed by atoms with E-state index in [4.69, 9.17) is 4.74 Å². The third-order valence-corrected chi connectivity index (χ3v) is 4.83. The predicted octanol–water partition coefficient (Wildman–Crippen LogP) is 2.90. The molecule has 2 unspecified atom stereocenters. The number of benzene rings is 1. The van der Waals surface area contributed by atoms with Crippen molar-refractivity contribution in [3.05, 3.63) is 29.3 Å². The monoisotopic (exact) mass is 288 g/mol. The second-order valence-electron chi connectivity index (χ2n) is 6.70. The minimum Gasteiger partial charge on any atom is -0.493 e. The van der Waals surface area contributed by atoms with Crippen LogP contribution in [0.15, 0.2) is 18.2 Å². The van der Waals surface area contributed by atoms with Crippen molar-refractivity contribution in [3.8, 4) is 5.75 Å². The smallest absolute Gasteiger partial charge is 0.122 e. The van der Waals surface area contributed by atoms with E-state index in [1.165, 1.54) is 43.5 Å². The minimum atomic E-state index is 0.734. The van der Waals surface area contributed by atoms with Crippen LogP contribution in [0.25, 0.3) is 0 Å². The van der Waals surface area contributed by atoms with Gasteiger partial charge in [-0.25, -0.2) is 0 Å². The fourth-order valence-corrected chi connectivity index (χ4v) is 3.55. The van der Waals surface area contributed by atoms with Crippen LogP contribution in [0.1, 0.15) is 36.8 Å². The largest absolute Gasteiger partial charge is 0.493 e. The molecular weight excluding hydrogens is 260 g/mol. The average Bonchev–Trinajstić information content (AvgIpc) is 2.80. The highest BCUT2D eigenvalue weighted by atomic mass is 16.5. The summed E-state index contributed by atoms with van der Waals surface area (Å²) in [6.45, 7) is 8.69. The van der Waals surface area contributed by atoms with Crippen LogP contribution in [0, 0.1) is 13.8 Å². The molecule has 0 spiro atoms. The van der Waals surface area contributed by atoms with Gasteiger partial charge in [-0.1, -0.05) is 12.1 Å². The minimum absolute atomic E-state index is 0.734. The van der Waals surface area contributed by atoms with Crippen LogP contribution in [0.5, 0.6) is 5.75 Å². The number of nitrogens with zero attached hydrogens (tertiary/aromatic N) is 1. The number of hydrogen-bond acceptors (Lipinski definition) is 3. The third kappa shape index (κ3) is 3.98. The summed E-state index contributed by atoms with van der Waals surface area (Å²) in [5.41, 5.74) is 2.50. The van der Waals surface area contributed by atoms with E-state index < -0.39 is 0 Å². The number of nitrogens with one attached hydrogen (secondary N) is 1. The Morgan fingerprint density at radius 3 is 2.95 bits per heavy atom. The van der Waals surface area contributed by atoms with Crippen molar-refractivity contribution in [3.63, 3.8) is 0 Å². The summed E-state index contributed by atoms with van der Waals surface area (Å²) in [6.07, 6.45) is 5.17. The molecule has 2 heterocycles. The van der Waals surface area contributed by atoms with E-state index in [9.17, 15) is 0 Å². The first-order chi connectivity index (χ1) is 10.2. The first-order valence-electron chi connectivity index (χ1n) is 8.39. The normalized spacial score (nSPS) is 25.8. The maximum atomic E-state index is 5.96. The fraction of sp³-hybridized carbons (Fsp3) is 0.667. The zero-order chi connectivity index (χ0) is 14.7. The van der Waals surface area contributed by atoms with Crippen molar-refractivity contribution in [2.45, 2.75) is 51.6 Å². The standard InChI is InChI=1S/C18H28N2O/c1-14-4-5-15(2)18(12-14)21-11-3-9-20-10-8-16-6-7-17(13-20)19-16/h4-5,12,16-17,19H,3,6-11,13H2,1-2H3. The Balaban J connectivity index is 1.41. The van der Waals surface area contributed by atoms with Gasteiger partial charge in [0.25, 0.3) is 0 Å². The Morgan fingerprint density at radius 1 is 1.19 bits per heavy atom. The fourth-order valence-electron chi connectivity index (χ4n) is 3.55. The summed E-state index contributed by atoms with van der Waals surface area (Å²) in [5.74, 6) is 1.05. The first kappa shape index (κ1) is 14.9. The average molecular weight is 288 g/mol. The number of ether oxygens (including phenoxy) is 1. The van der Waals surface area contributed by atoms with Gasteiger partial charge < -0.3 is 15.0 Å². The first-order valence-corrected chi connectivity index (χ1v) is 8.39. The molecule has 3 rings (SSSR count). The van der Waals surface area contributed by atoms with Crippen molar-refractivity contribution in [2.24, 2.45) is 0 Å². The Labute approximate surface area is 128 Å². The van der Waals surface area contributed by atoms with Crippen molar-refractivity contribution in [1.82, 2.24) is 10.2 Å². The molecule has 1 N–H and O–H groups in total. The van der Waals surface area contributed by atoms with E-state index in [1.807, 2.05) is 0 Å². The highest BCUT2D eigenvalue weighted by Crippen LogP contribution is 2.21. The lowest BCUT2D eigenvalue weighted by Crippen LogP contribution is -2.36. The van der Waals surface area contributed by atoms with Crippen LogP contribution in [-0.4, -0.2) is 43.2 Å². The molecule has 2 aliphatic heterocycles. The lowest BCUT2D eigenvalue weighted by atomic mass is 10.1. The van der Waals surface area contributed by atoms with Crippen LogP contribution in [-0.2, 0) is 0 Å². The van der Waals surface area contributed by atoms with E-state index in [0.29, 0.717) is 0 Å². The summed E-state index contributed by atoms with van der Waals surface area (Å²) in [7, 11) is 0. The highest BCUT2D eigenvalue weighted by molar-refractivity contribution is 5.35. The zero-order valence-corrected chi connectivity index (χ0v) is 13.4. The summed E-state index contributed by atoms with van der Waals surface area (Å²) in [5, 5.41) is 3.74. The molecule has 2 atom stereocenters. The van der Waals surface area contributed by atoms with Crippen molar-refractivity contribution < 1.29 is 4.74 Å². The molecule has 0 aromatic heterocycles. The molecule has 116 valence electrons. The van der Waals surface area contributed by atoms with Crippen LogP contribution >= 0.6 is 0 Å². The van der Waals surface area contributed by atoms with Crippen LogP contribution < -0.4 is 10.1 Å². The Bertz CT molecular complexity index is 474. The van der Waals surface area contributed by atoms with E-state index in [1.54, 1.807) is 0 Å². The van der Waals surface area contributed by atoms with Crippen LogP contribution in [0.3, 0.4) is 0 Å². The maximum Gasteiger partial charge on any atom is 0.122 e. The van der Waals surface area contributed by atoms with Crippen LogP contribution in [0.2, 0.25) is 0 Å². The van der Waals surface area contributed by atoms with Gasteiger partial charge in [0.2, 0.25) is 0 Å². The van der Waals surface area contributed by atoms with Gasteiger partial charge in [-0.3, -0.25) is 0 Å². The zero-order valence-electron chi connectivity index (χ0n) is 13.4. The molecule has 2 saturated heterocycles. The van der Waals surface area contributed by atoms with E-state index in [0.717, 1.165) is 37.4 Å². The van der Waals surface area contributed by atoms with E-state index in [-0.39, 0.29) is 0 Å². The highest BCUT2D eigenvalue weighted by Gasteiger charge is 2.28. The quantitative estimate of drug-likeness (QED) is 0.843. The molecule has 2 aliphatic rings. The summed E-state index contributed by atoms with van der Waals surface area (Å²) in [4.78, 5) is 2.61. The molecule has 1 aromatic rings. The molecule has 0 amide bonds. The number of rotatable bonds is 5. The molecule has 3 heteroatoms. The lowest BCUT2D eigenvalue weighted by Gasteiger charge is -2.23. The molecule has 21 heavy (non-hydrogen) atoms. The summed E-state index contributed by atoms with van der Waals surface area (Å²) >= 11 is 0. The molecule has 0 saturated carbocycles. The van der Waals surface area contributed by atoms with Crippen LogP contribution in [0.4, 0.5) is 0 Å².